The van der Waals surface area contributed by atoms with Gasteiger partial charge in [-0.25, -0.2) is 4.79 Å². The van der Waals surface area contributed by atoms with Gasteiger partial charge in [0, 0.05) is 19.8 Å². The number of hydrogen-bond acceptors (Lipinski definition) is 3. The maximum Gasteiger partial charge on any atom is 0.329 e. The lowest BCUT2D eigenvalue weighted by Crippen LogP contribution is -2.30. The Bertz CT molecular complexity index is 780. The van der Waals surface area contributed by atoms with E-state index in [0.29, 0.717) is 5.70 Å². The summed E-state index contributed by atoms with van der Waals surface area (Å²) in [6.45, 7) is 0.266. The van der Waals surface area contributed by atoms with Crippen LogP contribution in [0.4, 0.5) is 10.5 Å². The van der Waals surface area contributed by atoms with Crippen LogP contribution in [0, 0.1) is 0 Å². The second kappa shape index (κ2) is 6.58. The normalized spacial score (nSPS) is 15.8. The average molecular weight is 321 g/mol. The second-order valence-electron chi connectivity index (χ2n) is 5.85. The molecular formula is C19H19N3O2. The van der Waals surface area contributed by atoms with Crippen molar-refractivity contribution in [2.75, 3.05) is 19.0 Å². The maximum absolute atomic E-state index is 12.5. The minimum absolute atomic E-state index is 0.266. The number of carbonyl (C=O) groups is 2. The van der Waals surface area contributed by atoms with E-state index in [-0.39, 0.29) is 18.5 Å². The van der Waals surface area contributed by atoms with Gasteiger partial charge in [0.25, 0.3) is 5.91 Å². The smallest absolute Gasteiger partial charge is 0.329 e. The highest BCUT2D eigenvalue weighted by atomic mass is 16.2. The van der Waals surface area contributed by atoms with Gasteiger partial charge < -0.3 is 10.2 Å². The van der Waals surface area contributed by atoms with E-state index < -0.39 is 0 Å². The largest absolute Gasteiger partial charge is 0.378 e. The molecule has 0 aromatic heterocycles. The molecule has 0 bridgehead atoms. The molecule has 0 radical (unpaired) electrons. The Hall–Kier alpha value is -3.08. The van der Waals surface area contributed by atoms with Gasteiger partial charge in [0.15, 0.2) is 0 Å². The fraction of sp³-hybridized carbons (Fsp3) is 0.158. The van der Waals surface area contributed by atoms with Crippen LogP contribution >= 0.6 is 0 Å². The van der Waals surface area contributed by atoms with E-state index in [1.165, 1.54) is 4.90 Å². The first-order valence-electron chi connectivity index (χ1n) is 7.70. The molecule has 1 heterocycles. The fourth-order valence-electron chi connectivity index (χ4n) is 2.52. The number of rotatable bonds is 4. The number of imide groups is 1. The van der Waals surface area contributed by atoms with Crippen molar-refractivity contribution < 1.29 is 9.59 Å². The monoisotopic (exact) mass is 321 g/mol. The van der Waals surface area contributed by atoms with Crippen LogP contribution in [0.1, 0.15) is 11.1 Å². The van der Waals surface area contributed by atoms with E-state index in [1.54, 1.807) is 6.08 Å². The van der Waals surface area contributed by atoms with Crippen molar-refractivity contribution >= 4 is 23.7 Å². The molecule has 2 aromatic carbocycles. The number of carbonyl (C=O) groups excluding carboxylic acids is 2. The Kier molecular flexibility index (Phi) is 4.33. The van der Waals surface area contributed by atoms with Gasteiger partial charge in [-0.2, -0.15) is 0 Å². The Morgan fingerprint density at radius 1 is 1.00 bits per heavy atom. The first-order valence-corrected chi connectivity index (χ1v) is 7.70. The third kappa shape index (κ3) is 3.30. The summed E-state index contributed by atoms with van der Waals surface area (Å²) in [6, 6.07) is 16.8. The molecule has 5 nitrogen and oxygen atoms in total. The molecule has 0 spiro atoms. The standard InChI is InChI=1S/C19H19N3O2/c1-21(2)16-10-8-14(9-11-16)12-17-18(23)22(19(24)20-17)13-15-6-4-3-5-7-15/h3-12H,13H2,1-2H3,(H,20,24)/b17-12+. The first kappa shape index (κ1) is 15.8. The van der Waals surface area contributed by atoms with Crippen LogP contribution in [0.5, 0.6) is 0 Å². The van der Waals surface area contributed by atoms with Gasteiger partial charge in [0.2, 0.25) is 0 Å². The number of anilines is 1. The molecule has 1 fully saturated rings. The predicted octanol–water partition coefficient (Wildman–Crippen LogP) is 2.85. The third-order valence-corrected chi connectivity index (χ3v) is 3.87. The van der Waals surface area contributed by atoms with E-state index in [2.05, 4.69) is 5.32 Å². The van der Waals surface area contributed by atoms with E-state index in [4.69, 9.17) is 0 Å². The van der Waals surface area contributed by atoms with Crippen molar-refractivity contribution in [3.05, 3.63) is 71.4 Å². The Morgan fingerprint density at radius 3 is 2.29 bits per heavy atom. The van der Waals surface area contributed by atoms with Crippen LogP contribution < -0.4 is 10.2 Å². The van der Waals surface area contributed by atoms with Crippen LogP contribution in [0.15, 0.2) is 60.3 Å². The molecule has 1 N–H and O–H groups in total. The number of hydrogen-bond donors (Lipinski definition) is 1. The number of benzene rings is 2. The van der Waals surface area contributed by atoms with E-state index in [0.717, 1.165) is 16.8 Å². The van der Waals surface area contributed by atoms with Gasteiger partial charge in [0.05, 0.1) is 6.54 Å². The molecule has 5 heteroatoms. The summed E-state index contributed by atoms with van der Waals surface area (Å²) in [5.74, 6) is -0.305. The Morgan fingerprint density at radius 2 is 1.67 bits per heavy atom. The summed E-state index contributed by atoms with van der Waals surface area (Å²) in [7, 11) is 3.94. The van der Waals surface area contributed by atoms with Crippen LogP contribution in [-0.2, 0) is 11.3 Å². The Labute approximate surface area is 141 Å². The molecule has 1 aliphatic rings. The van der Waals surface area contributed by atoms with Gasteiger partial charge in [0.1, 0.15) is 5.70 Å². The van der Waals surface area contributed by atoms with Gasteiger partial charge in [-0.3, -0.25) is 9.69 Å². The van der Waals surface area contributed by atoms with Crippen LogP contribution in [-0.4, -0.2) is 30.9 Å². The van der Waals surface area contributed by atoms with Crippen LogP contribution in [0.2, 0.25) is 0 Å². The van der Waals surface area contributed by atoms with Crippen LogP contribution in [0.3, 0.4) is 0 Å². The molecule has 2 aromatic rings. The second-order valence-corrected chi connectivity index (χ2v) is 5.85. The number of urea groups is 1. The van der Waals surface area contributed by atoms with E-state index in [9.17, 15) is 9.59 Å². The van der Waals surface area contributed by atoms with Crippen molar-refractivity contribution in [2.45, 2.75) is 6.54 Å². The highest BCUT2D eigenvalue weighted by Crippen LogP contribution is 2.18. The lowest BCUT2D eigenvalue weighted by Gasteiger charge is -2.12. The highest BCUT2D eigenvalue weighted by Gasteiger charge is 2.33. The minimum atomic E-state index is -0.389. The lowest BCUT2D eigenvalue weighted by molar-refractivity contribution is -0.123. The zero-order valence-electron chi connectivity index (χ0n) is 13.7. The van der Waals surface area contributed by atoms with Crippen molar-refractivity contribution in [2.24, 2.45) is 0 Å². The van der Waals surface area contributed by atoms with Crippen molar-refractivity contribution in [1.82, 2.24) is 10.2 Å². The predicted molar refractivity (Wildman–Crippen MR) is 94.3 cm³/mol. The molecule has 3 rings (SSSR count). The van der Waals surface area contributed by atoms with Gasteiger partial charge in [-0.1, -0.05) is 42.5 Å². The molecule has 1 aliphatic heterocycles. The summed E-state index contributed by atoms with van der Waals surface area (Å²) in [4.78, 5) is 27.8. The van der Waals surface area contributed by atoms with E-state index >= 15 is 0 Å². The zero-order chi connectivity index (χ0) is 17.1. The van der Waals surface area contributed by atoms with Gasteiger partial charge in [-0.05, 0) is 29.3 Å². The number of nitrogens with zero attached hydrogens (tertiary/aromatic N) is 2. The SMILES string of the molecule is CN(C)c1ccc(/C=C2/NC(=O)N(Cc3ccccc3)C2=O)cc1. The first-order chi connectivity index (χ1) is 11.5. The van der Waals surface area contributed by atoms with E-state index in [1.807, 2.05) is 73.6 Å². The average Bonchev–Trinajstić information content (AvgIpc) is 2.84. The summed E-state index contributed by atoms with van der Waals surface area (Å²) in [5, 5.41) is 2.65. The van der Waals surface area contributed by atoms with Crippen molar-refractivity contribution in [1.29, 1.82) is 0 Å². The van der Waals surface area contributed by atoms with Gasteiger partial charge in [-0.15, -0.1) is 0 Å². The number of amides is 3. The van der Waals surface area contributed by atoms with Crippen LogP contribution in [0.25, 0.3) is 6.08 Å². The quantitative estimate of drug-likeness (QED) is 0.696. The molecule has 0 atom stereocenters. The Balaban J connectivity index is 1.78. The molecule has 3 amide bonds. The topological polar surface area (TPSA) is 52.7 Å². The number of nitrogens with one attached hydrogen (secondary N) is 1. The zero-order valence-corrected chi connectivity index (χ0v) is 13.7. The van der Waals surface area contributed by atoms with Gasteiger partial charge >= 0.3 is 6.03 Å². The highest BCUT2D eigenvalue weighted by molar-refractivity contribution is 6.13. The summed E-state index contributed by atoms with van der Waals surface area (Å²) >= 11 is 0. The molecule has 24 heavy (non-hydrogen) atoms. The summed E-state index contributed by atoms with van der Waals surface area (Å²) < 4.78 is 0. The molecule has 0 saturated carbocycles. The van der Waals surface area contributed by atoms with Crippen molar-refractivity contribution in [3.63, 3.8) is 0 Å². The molecule has 0 unspecified atom stereocenters. The fourth-order valence-corrected chi connectivity index (χ4v) is 2.52. The molecule has 122 valence electrons. The minimum Gasteiger partial charge on any atom is -0.378 e. The molecular weight excluding hydrogens is 302 g/mol. The maximum atomic E-state index is 12.5. The molecule has 1 saturated heterocycles. The van der Waals surface area contributed by atoms with Crippen molar-refractivity contribution in [3.8, 4) is 0 Å². The lowest BCUT2D eigenvalue weighted by atomic mass is 10.1. The molecule has 0 aliphatic carbocycles. The summed E-state index contributed by atoms with van der Waals surface area (Å²) in [5.41, 5.74) is 3.15. The summed E-state index contributed by atoms with van der Waals surface area (Å²) in [6.07, 6.45) is 1.70. The third-order valence-electron chi connectivity index (χ3n) is 3.87.